The molecule has 0 unspecified atom stereocenters. The maximum atomic E-state index is 14.7. The Labute approximate surface area is 196 Å². The maximum Gasteiger partial charge on any atom is 0.407 e. The SMILES string of the molecule is CC(C)NC(=O)OC1CN(C(=O)c2ccc(NS(=O)(=O)c3cccc4cccnc34)c(F)c2)C1. The van der Waals surface area contributed by atoms with Crippen molar-refractivity contribution in [3.05, 3.63) is 66.1 Å². The number of hydrogen-bond donors (Lipinski definition) is 2. The van der Waals surface area contributed by atoms with E-state index in [1.165, 1.54) is 29.3 Å². The molecule has 0 spiro atoms. The minimum atomic E-state index is -4.14. The molecule has 9 nitrogen and oxygen atoms in total. The molecule has 1 aliphatic rings. The first-order chi connectivity index (χ1) is 16.1. The quantitative estimate of drug-likeness (QED) is 0.553. The number of benzene rings is 2. The number of carbonyl (C=O) groups excluding carboxylic acids is 2. The monoisotopic (exact) mass is 486 g/mol. The molecule has 2 heterocycles. The normalized spacial score (nSPS) is 14.1. The summed E-state index contributed by atoms with van der Waals surface area (Å²) in [5.41, 5.74) is 0.0263. The average Bonchev–Trinajstić information content (AvgIpc) is 2.76. The smallest absolute Gasteiger partial charge is 0.407 e. The molecule has 1 fully saturated rings. The minimum Gasteiger partial charge on any atom is -0.442 e. The zero-order valence-electron chi connectivity index (χ0n) is 18.5. The third kappa shape index (κ3) is 4.93. The number of rotatable bonds is 6. The van der Waals surface area contributed by atoms with Crippen molar-refractivity contribution >= 4 is 38.6 Å². The number of ether oxygens (including phenoxy) is 1. The highest BCUT2D eigenvalue weighted by atomic mass is 32.2. The van der Waals surface area contributed by atoms with Gasteiger partial charge in [-0.25, -0.2) is 17.6 Å². The molecule has 11 heteroatoms. The van der Waals surface area contributed by atoms with Crippen LogP contribution in [0.2, 0.25) is 0 Å². The summed E-state index contributed by atoms with van der Waals surface area (Å²) in [6.45, 7) is 3.98. The van der Waals surface area contributed by atoms with Crippen molar-refractivity contribution in [1.82, 2.24) is 15.2 Å². The summed E-state index contributed by atoms with van der Waals surface area (Å²) < 4.78 is 48.0. The molecule has 0 radical (unpaired) electrons. The van der Waals surface area contributed by atoms with Gasteiger partial charge in [-0.05, 0) is 44.2 Å². The van der Waals surface area contributed by atoms with Crippen LogP contribution in [0.15, 0.2) is 59.6 Å². The lowest BCUT2D eigenvalue weighted by atomic mass is 10.1. The summed E-state index contributed by atoms with van der Waals surface area (Å²) in [6, 6.07) is 11.5. The van der Waals surface area contributed by atoms with E-state index in [0.29, 0.717) is 5.39 Å². The summed E-state index contributed by atoms with van der Waals surface area (Å²) in [7, 11) is -4.14. The summed E-state index contributed by atoms with van der Waals surface area (Å²) in [5, 5.41) is 3.23. The van der Waals surface area contributed by atoms with Gasteiger partial charge in [-0.3, -0.25) is 14.5 Å². The third-order valence-corrected chi connectivity index (χ3v) is 6.56. The number of halogens is 1. The summed E-state index contributed by atoms with van der Waals surface area (Å²) in [5.74, 6) is -1.34. The lowest BCUT2D eigenvalue weighted by Gasteiger charge is -2.38. The Kier molecular flexibility index (Phi) is 6.38. The van der Waals surface area contributed by atoms with Gasteiger partial charge in [0, 0.05) is 23.2 Å². The van der Waals surface area contributed by atoms with Crippen LogP contribution in [0.5, 0.6) is 0 Å². The molecule has 1 aromatic heterocycles. The zero-order chi connectivity index (χ0) is 24.5. The highest BCUT2D eigenvalue weighted by molar-refractivity contribution is 7.93. The van der Waals surface area contributed by atoms with Crippen LogP contribution in [-0.4, -0.2) is 55.5 Å². The van der Waals surface area contributed by atoms with Crippen molar-refractivity contribution in [2.45, 2.75) is 30.9 Å². The number of nitrogens with one attached hydrogen (secondary N) is 2. The fraction of sp³-hybridized carbons (Fsp3) is 0.261. The average molecular weight is 487 g/mol. The van der Waals surface area contributed by atoms with Crippen molar-refractivity contribution < 1.29 is 27.1 Å². The predicted octanol–water partition coefficient (Wildman–Crippen LogP) is 3.13. The van der Waals surface area contributed by atoms with Gasteiger partial charge in [0.05, 0.1) is 24.3 Å². The van der Waals surface area contributed by atoms with E-state index < -0.39 is 33.9 Å². The molecular weight excluding hydrogens is 463 g/mol. The zero-order valence-corrected chi connectivity index (χ0v) is 19.3. The molecule has 1 saturated heterocycles. The first kappa shape index (κ1) is 23.4. The Bertz CT molecular complexity index is 1350. The van der Waals surface area contributed by atoms with Gasteiger partial charge >= 0.3 is 6.09 Å². The van der Waals surface area contributed by atoms with E-state index in [1.54, 1.807) is 38.1 Å². The number of fused-ring (bicyclic) bond motifs is 1. The molecule has 34 heavy (non-hydrogen) atoms. The first-order valence-corrected chi connectivity index (χ1v) is 12.0. The van der Waals surface area contributed by atoms with Crippen molar-refractivity contribution in [2.24, 2.45) is 0 Å². The summed E-state index contributed by atoms with van der Waals surface area (Å²) >= 11 is 0. The van der Waals surface area contributed by atoms with E-state index in [-0.39, 0.29) is 40.8 Å². The number of pyridine rings is 1. The van der Waals surface area contributed by atoms with E-state index >= 15 is 0 Å². The van der Waals surface area contributed by atoms with Gasteiger partial charge in [-0.1, -0.05) is 18.2 Å². The van der Waals surface area contributed by atoms with E-state index in [1.807, 2.05) is 0 Å². The standard InChI is InChI=1S/C23H23FN4O5S/c1-14(2)26-23(30)33-17-12-28(13-17)22(29)16-8-9-19(18(24)11-16)27-34(31,32)20-7-3-5-15-6-4-10-25-21(15)20/h3-11,14,17,27H,12-13H2,1-2H3,(H,26,30). The lowest BCUT2D eigenvalue weighted by molar-refractivity contribution is -0.00702. The number of para-hydroxylation sites is 1. The van der Waals surface area contributed by atoms with Crippen LogP contribution >= 0.6 is 0 Å². The van der Waals surface area contributed by atoms with Crippen LogP contribution in [0.4, 0.5) is 14.9 Å². The molecular formula is C23H23FN4O5S. The molecule has 1 aliphatic heterocycles. The second kappa shape index (κ2) is 9.26. The summed E-state index contributed by atoms with van der Waals surface area (Å²) in [6.07, 6.45) is 0.480. The predicted molar refractivity (Wildman–Crippen MR) is 123 cm³/mol. The van der Waals surface area contributed by atoms with Gasteiger partial charge in [0.1, 0.15) is 16.8 Å². The Morgan fingerprint density at radius 2 is 1.88 bits per heavy atom. The molecule has 0 saturated carbocycles. The van der Waals surface area contributed by atoms with Crippen LogP contribution in [-0.2, 0) is 14.8 Å². The van der Waals surface area contributed by atoms with Crippen molar-refractivity contribution in [2.75, 3.05) is 17.8 Å². The van der Waals surface area contributed by atoms with Crippen molar-refractivity contribution in [3.63, 3.8) is 0 Å². The Morgan fingerprint density at radius 3 is 2.59 bits per heavy atom. The number of alkyl carbamates (subject to hydrolysis) is 1. The largest absolute Gasteiger partial charge is 0.442 e. The molecule has 2 amide bonds. The topological polar surface area (TPSA) is 118 Å². The number of aromatic nitrogens is 1. The van der Waals surface area contributed by atoms with Gasteiger partial charge in [-0.15, -0.1) is 0 Å². The second-order valence-corrected chi connectivity index (χ2v) is 9.82. The second-order valence-electron chi connectivity index (χ2n) is 8.17. The number of hydrogen-bond acceptors (Lipinski definition) is 6. The van der Waals surface area contributed by atoms with E-state index in [9.17, 15) is 22.4 Å². The highest BCUT2D eigenvalue weighted by Gasteiger charge is 2.34. The van der Waals surface area contributed by atoms with E-state index in [2.05, 4.69) is 15.0 Å². The van der Waals surface area contributed by atoms with Gasteiger partial charge < -0.3 is 15.0 Å². The highest BCUT2D eigenvalue weighted by Crippen LogP contribution is 2.26. The lowest BCUT2D eigenvalue weighted by Crippen LogP contribution is -2.56. The Hall–Kier alpha value is -3.73. The minimum absolute atomic E-state index is 0.0531. The Balaban J connectivity index is 1.43. The number of likely N-dealkylation sites (tertiary alicyclic amines) is 1. The fourth-order valence-electron chi connectivity index (χ4n) is 3.51. The molecule has 0 aliphatic carbocycles. The number of nitrogens with zero attached hydrogens (tertiary/aromatic N) is 2. The number of anilines is 1. The van der Waals surface area contributed by atoms with Crippen molar-refractivity contribution in [1.29, 1.82) is 0 Å². The Morgan fingerprint density at radius 1 is 1.15 bits per heavy atom. The summed E-state index contributed by atoms with van der Waals surface area (Å²) in [4.78, 5) is 29.7. The van der Waals surface area contributed by atoms with Gasteiger partial charge in [0.25, 0.3) is 15.9 Å². The van der Waals surface area contributed by atoms with Crippen LogP contribution in [0.25, 0.3) is 10.9 Å². The number of sulfonamides is 1. The number of amides is 2. The fourth-order valence-corrected chi connectivity index (χ4v) is 4.75. The number of carbonyl (C=O) groups is 2. The molecule has 2 N–H and O–H groups in total. The van der Waals surface area contributed by atoms with E-state index in [4.69, 9.17) is 4.74 Å². The molecule has 0 bridgehead atoms. The van der Waals surface area contributed by atoms with E-state index in [0.717, 1.165) is 6.07 Å². The van der Waals surface area contributed by atoms with Crippen molar-refractivity contribution in [3.8, 4) is 0 Å². The van der Waals surface area contributed by atoms with Crippen LogP contribution in [0.3, 0.4) is 0 Å². The third-order valence-electron chi connectivity index (χ3n) is 5.16. The molecule has 2 aromatic carbocycles. The van der Waals surface area contributed by atoms with Crippen LogP contribution < -0.4 is 10.0 Å². The first-order valence-electron chi connectivity index (χ1n) is 10.6. The van der Waals surface area contributed by atoms with Gasteiger partial charge in [0.15, 0.2) is 0 Å². The molecule has 4 rings (SSSR count). The van der Waals surface area contributed by atoms with Crippen LogP contribution in [0, 0.1) is 5.82 Å². The molecule has 178 valence electrons. The van der Waals surface area contributed by atoms with Crippen LogP contribution in [0.1, 0.15) is 24.2 Å². The molecule has 3 aromatic rings. The van der Waals surface area contributed by atoms with Gasteiger partial charge in [-0.2, -0.15) is 0 Å². The maximum absolute atomic E-state index is 14.7. The molecule has 0 atom stereocenters. The van der Waals surface area contributed by atoms with Gasteiger partial charge in [0.2, 0.25) is 0 Å².